The summed E-state index contributed by atoms with van der Waals surface area (Å²) in [5.74, 6) is -0.929. The number of benzene rings is 1. The van der Waals surface area contributed by atoms with E-state index >= 15 is 0 Å². The number of amides is 1. The first-order valence-corrected chi connectivity index (χ1v) is 6.91. The van der Waals surface area contributed by atoms with Crippen molar-refractivity contribution in [1.29, 1.82) is 0 Å². The fourth-order valence-electron chi connectivity index (χ4n) is 3.30. The van der Waals surface area contributed by atoms with E-state index in [-0.39, 0.29) is 12.5 Å². The summed E-state index contributed by atoms with van der Waals surface area (Å²) in [6.07, 6.45) is -1.68. The minimum atomic E-state index is -4.42. The molecule has 2 rings (SSSR count). The van der Waals surface area contributed by atoms with E-state index in [0.717, 1.165) is 25.0 Å². The van der Waals surface area contributed by atoms with E-state index in [0.29, 0.717) is 18.4 Å². The zero-order chi connectivity index (χ0) is 15.7. The number of carbonyl (C=O) groups is 1. The van der Waals surface area contributed by atoms with E-state index in [1.807, 2.05) is 0 Å². The number of aliphatic hydroxyl groups is 1. The molecule has 3 nitrogen and oxygen atoms in total. The molecule has 1 aliphatic carbocycles. The van der Waals surface area contributed by atoms with Crippen LogP contribution in [0.5, 0.6) is 0 Å². The highest BCUT2D eigenvalue weighted by Crippen LogP contribution is 2.44. The molecular formula is C15H18F3NO2. The number of alkyl halides is 3. The van der Waals surface area contributed by atoms with Gasteiger partial charge < -0.3 is 10.8 Å². The number of carbonyl (C=O) groups excluding carboxylic acids is 1. The van der Waals surface area contributed by atoms with Crippen molar-refractivity contribution in [3.8, 4) is 0 Å². The van der Waals surface area contributed by atoms with Gasteiger partial charge >= 0.3 is 6.18 Å². The predicted octanol–water partition coefficient (Wildman–Crippen LogP) is 2.61. The van der Waals surface area contributed by atoms with Crippen molar-refractivity contribution in [2.75, 3.05) is 6.61 Å². The van der Waals surface area contributed by atoms with Gasteiger partial charge in [-0.25, -0.2) is 0 Å². The fourth-order valence-corrected chi connectivity index (χ4v) is 3.30. The monoisotopic (exact) mass is 301 g/mol. The van der Waals surface area contributed by atoms with Gasteiger partial charge in [0.25, 0.3) is 0 Å². The number of halogens is 3. The lowest BCUT2D eigenvalue weighted by Gasteiger charge is -2.41. The molecule has 21 heavy (non-hydrogen) atoms. The Hall–Kier alpha value is -1.56. The van der Waals surface area contributed by atoms with Crippen molar-refractivity contribution < 1.29 is 23.1 Å². The summed E-state index contributed by atoms with van der Waals surface area (Å²) in [6, 6.07) is 4.54. The van der Waals surface area contributed by atoms with Crippen LogP contribution < -0.4 is 5.73 Å². The Kier molecular flexibility index (Phi) is 4.27. The Balaban J connectivity index is 2.45. The molecule has 0 aromatic heterocycles. The molecular weight excluding hydrogens is 283 g/mol. The highest BCUT2D eigenvalue weighted by Gasteiger charge is 2.47. The third-order valence-electron chi connectivity index (χ3n) is 4.46. The van der Waals surface area contributed by atoms with Gasteiger partial charge in [0.05, 0.1) is 11.0 Å². The van der Waals surface area contributed by atoms with Crippen LogP contribution in [-0.4, -0.2) is 17.6 Å². The Morgan fingerprint density at radius 3 is 2.38 bits per heavy atom. The smallest absolute Gasteiger partial charge is 0.396 e. The first-order valence-electron chi connectivity index (χ1n) is 6.91. The molecule has 1 amide bonds. The molecule has 2 unspecified atom stereocenters. The molecule has 0 aliphatic heterocycles. The summed E-state index contributed by atoms with van der Waals surface area (Å²) < 4.78 is 37.9. The molecule has 116 valence electrons. The second-order valence-electron chi connectivity index (χ2n) is 5.54. The summed E-state index contributed by atoms with van der Waals surface area (Å²) in [5.41, 5.74) is 4.18. The zero-order valence-electron chi connectivity index (χ0n) is 11.5. The first kappa shape index (κ1) is 15.8. The lowest BCUT2D eigenvalue weighted by Crippen LogP contribution is -2.50. The van der Waals surface area contributed by atoms with Gasteiger partial charge in [-0.2, -0.15) is 13.2 Å². The van der Waals surface area contributed by atoms with E-state index in [1.54, 1.807) is 0 Å². The van der Waals surface area contributed by atoms with Gasteiger partial charge in [-0.05, 0) is 30.5 Å². The molecule has 0 heterocycles. The van der Waals surface area contributed by atoms with Crippen LogP contribution in [0.15, 0.2) is 24.3 Å². The van der Waals surface area contributed by atoms with Gasteiger partial charge in [-0.1, -0.05) is 25.0 Å². The Morgan fingerprint density at radius 1 is 1.29 bits per heavy atom. The molecule has 1 fully saturated rings. The first-order chi connectivity index (χ1) is 9.82. The number of hydrogen-bond acceptors (Lipinski definition) is 2. The van der Waals surface area contributed by atoms with Gasteiger partial charge in [0, 0.05) is 12.5 Å². The van der Waals surface area contributed by atoms with E-state index in [2.05, 4.69) is 0 Å². The Bertz CT molecular complexity index is 513. The minimum absolute atomic E-state index is 0.204. The third kappa shape index (κ3) is 2.77. The van der Waals surface area contributed by atoms with Crippen molar-refractivity contribution in [3.05, 3.63) is 35.4 Å². The molecule has 0 saturated heterocycles. The predicted molar refractivity (Wildman–Crippen MR) is 71.4 cm³/mol. The van der Waals surface area contributed by atoms with Gasteiger partial charge in [0.15, 0.2) is 0 Å². The second kappa shape index (κ2) is 5.67. The topological polar surface area (TPSA) is 63.3 Å². The number of hydrogen-bond donors (Lipinski definition) is 2. The van der Waals surface area contributed by atoms with E-state index in [4.69, 9.17) is 5.73 Å². The molecule has 3 N–H and O–H groups in total. The number of nitrogens with two attached hydrogens (primary N) is 1. The standard InChI is InChI=1S/C15H18F3NO2/c16-15(17,18)11-6-4-10(5-7-11)14(13(19)21)8-2-1-3-12(14)9-20/h4-7,12,20H,1-3,8-9H2,(H2,19,21). The van der Waals surface area contributed by atoms with Gasteiger partial charge in [0.1, 0.15) is 0 Å². The van der Waals surface area contributed by atoms with Gasteiger partial charge in [0.2, 0.25) is 5.91 Å². The molecule has 2 atom stereocenters. The largest absolute Gasteiger partial charge is 0.416 e. The maximum absolute atomic E-state index is 12.6. The normalized spacial score (nSPS) is 26.6. The summed E-state index contributed by atoms with van der Waals surface area (Å²) in [4.78, 5) is 12.0. The van der Waals surface area contributed by atoms with E-state index in [1.165, 1.54) is 12.1 Å². The van der Waals surface area contributed by atoms with Crippen LogP contribution in [0, 0.1) is 5.92 Å². The average Bonchev–Trinajstić information content (AvgIpc) is 2.46. The molecule has 0 radical (unpaired) electrons. The van der Waals surface area contributed by atoms with Crippen molar-refractivity contribution >= 4 is 5.91 Å². The molecule has 1 saturated carbocycles. The quantitative estimate of drug-likeness (QED) is 0.901. The van der Waals surface area contributed by atoms with Crippen LogP contribution >= 0.6 is 0 Å². The van der Waals surface area contributed by atoms with Crippen molar-refractivity contribution in [2.45, 2.75) is 37.3 Å². The van der Waals surface area contributed by atoms with Crippen molar-refractivity contribution in [2.24, 2.45) is 11.7 Å². The Labute approximate surface area is 121 Å². The van der Waals surface area contributed by atoms with Crippen LogP contribution in [0.1, 0.15) is 36.8 Å². The lowest BCUT2D eigenvalue weighted by atomic mass is 9.62. The van der Waals surface area contributed by atoms with Crippen LogP contribution in [0.2, 0.25) is 0 Å². The summed E-state index contributed by atoms with van der Waals surface area (Å²) in [6.45, 7) is -0.204. The lowest BCUT2D eigenvalue weighted by molar-refractivity contribution is -0.137. The zero-order valence-corrected chi connectivity index (χ0v) is 11.5. The molecule has 1 aromatic rings. The summed E-state index contributed by atoms with van der Waals surface area (Å²) in [5, 5.41) is 9.53. The number of rotatable bonds is 3. The number of primary amides is 1. The van der Waals surface area contributed by atoms with E-state index in [9.17, 15) is 23.1 Å². The van der Waals surface area contributed by atoms with Crippen LogP contribution in [0.4, 0.5) is 13.2 Å². The average molecular weight is 301 g/mol. The molecule has 1 aromatic carbocycles. The van der Waals surface area contributed by atoms with Crippen LogP contribution in [0.25, 0.3) is 0 Å². The van der Waals surface area contributed by atoms with Crippen molar-refractivity contribution in [3.63, 3.8) is 0 Å². The molecule has 6 heteroatoms. The number of aliphatic hydroxyl groups excluding tert-OH is 1. The molecule has 1 aliphatic rings. The van der Waals surface area contributed by atoms with Crippen LogP contribution in [-0.2, 0) is 16.4 Å². The van der Waals surface area contributed by atoms with Gasteiger partial charge in [-0.15, -0.1) is 0 Å². The highest BCUT2D eigenvalue weighted by molar-refractivity contribution is 5.87. The second-order valence-corrected chi connectivity index (χ2v) is 5.54. The maximum Gasteiger partial charge on any atom is 0.416 e. The van der Waals surface area contributed by atoms with Crippen LogP contribution in [0.3, 0.4) is 0 Å². The fraction of sp³-hybridized carbons (Fsp3) is 0.533. The third-order valence-corrected chi connectivity index (χ3v) is 4.46. The SMILES string of the molecule is NC(=O)C1(c2ccc(C(F)(F)F)cc2)CCCCC1CO. The summed E-state index contributed by atoms with van der Waals surface area (Å²) >= 11 is 0. The summed E-state index contributed by atoms with van der Waals surface area (Å²) in [7, 11) is 0. The van der Waals surface area contributed by atoms with Crippen molar-refractivity contribution in [1.82, 2.24) is 0 Å². The molecule has 0 spiro atoms. The van der Waals surface area contributed by atoms with Gasteiger partial charge in [-0.3, -0.25) is 4.79 Å². The minimum Gasteiger partial charge on any atom is -0.396 e. The highest BCUT2D eigenvalue weighted by atomic mass is 19.4. The Morgan fingerprint density at radius 2 is 1.90 bits per heavy atom. The maximum atomic E-state index is 12.6. The van der Waals surface area contributed by atoms with E-state index < -0.39 is 23.1 Å². The molecule has 0 bridgehead atoms.